The predicted octanol–water partition coefficient (Wildman–Crippen LogP) is 2.68. The molecular formula is C22H18N2O5. The minimum Gasteiger partial charge on any atom is -0.497 e. The Morgan fingerprint density at radius 1 is 1.14 bits per heavy atom. The van der Waals surface area contributed by atoms with Crippen LogP contribution in [0, 0.1) is 19.3 Å². The van der Waals surface area contributed by atoms with E-state index in [9.17, 15) is 14.4 Å². The molecule has 1 heterocycles. The SMILES string of the molecule is C#CCOc1cc(OC)ccc1/C=C1\C(=O)NC(=O)N(c2ccc(C)cc2)C1=O. The van der Waals surface area contributed by atoms with Crippen molar-refractivity contribution < 1.29 is 23.9 Å². The Kier molecular flexibility index (Phi) is 5.65. The fourth-order valence-electron chi connectivity index (χ4n) is 2.75. The van der Waals surface area contributed by atoms with Gasteiger partial charge >= 0.3 is 6.03 Å². The summed E-state index contributed by atoms with van der Waals surface area (Å²) >= 11 is 0. The third-order valence-corrected chi connectivity index (χ3v) is 4.23. The van der Waals surface area contributed by atoms with Crippen LogP contribution in [0.5, 0.6) is 11.5 Å². The van der Waals surface area contributed by atoms with E-state index in [-0.39, 0.29) is 12.2 Å². The number of hydrogen-bond acceptors (Lipinski definition) is 5. The molecule has 0 atom stereocenters. The summed E-state index contributed by atoms with van der Waals surface area (Å²) in [4.78, 5) is 38.5. The van der Waals surface area contributed by atoms with Crippen molar-refractivity contribution in [2.75, 3.05) is 18.6 Å². The zero-order valence-electron chi connectivity index (χ0n) is 15.9. The highest BCUT2D eigenvalue weighted by atomic mass is 16.5. The normalized spacial score (nSPS) is 15.1. The highest BCUT2D eigenvalue weighted by Crippen LogP contribution is 2.29. The van der Waals surface area contributed by atoms with Gasteiger partial charge in [-0.25, -0.2) is 9.69 Å². The minimum absolute atomic E-state index is 0.00252. The number of ether oxygens (including phenoxy) is 2. The van der Waals surface area contributed by atoms with Crippen LogP contribution in [0.15, 0.2) is 48.0 Å². The number of imide groups is 2. The van der Waals surface area contributed by atoms with Crippen LogP contribution in [-0.4, -0.2) is 31.6 Å². The molecule has 1 N–H and O–H groups in total. The summed E-state index contributed by atoms with van der Waals surface area (Å²) in [6, 6.07) is 10.9. The Balaban J connectivity index is 2.02. The van der Waals surface area contributed by atoms with Crippen LogP contribution in [0.3, 0.4) is 0 Å². The van der Waals surface area contributed by atoms with Gasteiger partial charge in [-0.05, 0) is 37.3 Å². The number of hydrogen-bond donors (Lipinski definition) is 1. The van der Waals surface area contributed by atoms with Crippen LogP contribution in [0.1, 0.15) is 11.1 Å². The molecular weight excluding hydrogens is 372 g/mol. The largest absolute Gasteiger partial charge is 0.497 e. The van der Waals surface area contributed by atoms with E-state index in [1.165, 1.54) is 13.2 Å². The Labute approximate surface area is 167 Å². The molecule has 7 nitrogen and oxygen atoms in total. The molecule has 1 aliphatic rings. The van der Waals surface area contributed by atoms with Gasteiger partial charge < -0.3 is 9.47 Å². The molecule has 2 aromatic carbocycles. The summed E-state index contributed by atoms with van der Waals surface area (Å²) in [7, 11) is 1.50. The van der Waals surface area contributed by atoms with Crippen molar-refractivity contribution in [3.63, 3.8) is 0 Å². The summed E-state index contributed by atoms with van der Waals surface area (Å²) in [5, 5.41) is 2.19. The van der Waals surface area contributed by atoms with Gasteiger partial charge in [0.15, 0.2) is 0 Å². The number of rotatable bonds is 5. The number of carbonyl (C=O) groups is 3. The van der Waals surface area contributed by atoms with Crippen LogP contribution in [0.25, 0.3) is 6.08 Å². The Morgan fingerprint density at radius 2 is 1.86 bits per heavy atom. The number of nitrogens with zero attached hydrogens (tertiary/aromatic N) is 1. The van der Waals surface area contributed by atoms with Crippen LogP contribution >= 0.6 is 0 Å². The number of carbonyl (C=O) groups excluding carboxylic acids is 3. The Hall–Kier alpha value is -4.05. The van der Waals surface area contributed by atoms with E-state index in [1.807, 2.05) is 6.92 Å². The van der Waals surface area contributed by atoms with Crippen molar-refractivity contribution in [1.82, 2.24) is 5.32 Å². The lowest BCUT2D eigenvalue weighted by Gasteiger charge is -2.26. The maximum atomic E-state index is 13.0. The van der Waals surface area contributed by atoms with Crippen molar-refractivity contribution in [1.29, 1.82) is 0 Å². The van der Waals surface area contributed by atoms with Crippen LogP contribution < -0.4 is 19.7 Å². The number of terminal acetylenes is 1. The third-order valence-electron chi connectivity index (χ3n) is 4.23. The second kappa shape index (κ2) is 8.31. The molecule has 1 aliphatic heterocycles. The molecule has 2 aromatic rings. The third kappa shape index (κ3) is 4.12. The molecule has 0 bridgehead atoms. The molecule has 146 valence electrons. The number of methoxy groups -OCH3 is 1. The number of anilines is 1. The second-order valence-electron chi connectivity index (χ2n) is 6.19. The van der Waals surface area contributed by atoms with Crippen LogP contribution in [0.4, 0.5) is 10.5 Å². The summed E-state index contributed by atoms with van der Waals surface area (Å²) in [5.41, 5.74) is 1.56. The standard InChI is InChI=1S/C22H18N2O5/c1-4-11-29-19-13-17(28-3)10-7-15(19)12-18-20(25)23-22(27)24(21(18)26)16-8-5-14(2)6-9-16/h1,5-10,12-13H,11H2,2-3H3,(H,23,25,27)/b18-12+. The number of aryl methyl sites for hydroxylation is 1. The first kappa shape index (κ1) is 19.7. The van der Waals surface area contributed by atoms with Gasteiger partial charge in [0.2, 0.25) is 0 Å². The molecule has 0 aromatic heterocycles. The smallest absolute Gasteiger partial charge is 0.335 e. The van der Waals surface area contributed by atoms with E-state index in [1.54, 1.807) is 42.5 Å². The van der Waals surface area contributed by atoms with Crippen molar-refractivity contribution >= 4 is 29.6 Å². The van der Waals surface area contributed by atoms with Gasteiger partial charge in [-0.15, -0.1) is 6.42 Å². The maximum absolute atomic E-state index is 13.0. The molecule has 0 saturated carbocycles. The van der Waals surface area contributed by atoms with Crippen molar-refractivity contribution in [3.8, 4) is 23.8 Å². The van der Waals surface area contributed by atoms with E-state index >= 15 is 0 Å². The summed E-state index contributed by atoms with van der Waals surface area (Å²) in [6.07, 6.45) is 6.61. The molecule has 29 heavy (non-hydrogen) atoms. The first-order valence-electron chi connectivity index (χ1n) is 8.67. The van der Waals surface area contributed by atoms with E-state index in [2.05, 4.69) is 11.2 Å². The number of amides is 4. The molecule has 3 rings (SSSR count). The van der Waals surface area contributed by atoms with Gasteiger partial charge in [0.25, 0.3) is 11.8 Å². The predicted molar refractivity (Wildman–Crippen MR) is 108 cm³/mol. The molecule has 1 fully saturated rings. The zero-order chi connectivity index (χ0) is 21.0. The monoisotopic (exact) mass is 390 g/mol. The van der Waals surface area contributed by atoms with E-state index < -0.39 is 17.8 Å². The molecule has 4 amide bonds. The lowest BCUT2D eigenvalue weighted by Crippen LogP contribution is -2.54. The highest BCUT2D eigenvalue weighted by Gasteiger charge is 2.36. The minimum atomic E-state index is -0.806. The molecule has 0 spiro atoms. The van der Waals surface area contributed by atoms with Gasteiger partial charge in [0.05, 0.1) is 12.8 Å². The number of benzene rings is 2. The fourth-order valence-corrected chi connectivity index (χ4v) is 2.75. The Bertz CT molecular complexity index is 1050. The molecule has 0 aliphatic carbocycles. The zero-order valence-corrected chi connectivity index (χ0v) is 15.9. The molecule has 1 saturated heterocycles. The molecule has 7 heteroatoms. The lowest BCUT2D eigenvalue weighted by atomic mass is 10.1. The van der Waals surface area contributed by atoms with Gasteiger partial charge in [-0.2, -0.15) is 0 Å². The van der Waals surface area contributed by atoms with Crippen molar-refractivity contribution in [2.45, 2.75) is 6.92 Å². The number of nitrogens with one attached hydrogen (secondary N) is 1. The van der Waals surface area contributed by atoms with Crippen LogP contribution in [0.2, 0.25) is 0 Å². The number of barbiturate groups is 1. The van der Waals surface area contributed by atoms with Crippen molar-refractivity contribution in [2.24, 2.45) is 0 Å². The van der Waals surface area contributed by atoms with Crippen LogP contribution in [-0.2, 0) is 9.59 Å². The van der Waals surface area contributed by atoms with Crippen molar-refractivity contribution in [3.05, 3.63) is 59.2 Å². The average molecular weight is 390 g/mol. The van der Waals surface area contributed by atoms with Gasteiger partial charge in [0, 0.05) is 11.6 Å². The second-order valence-corrected chi connectivity index (χ2v) is 6.19. The summed E-state index contributed by atoms with van der Waals surface area (Å²) in [5.74, 6) is 1.70. The Morgan fingerprint density at radius 3 is 2.52 bits per heavy atom. The lowest BCUT2D eigenvalue weighted by molar-refractivity contribution is -0.122. The average Bonchev–Trinajstić information content (AvgIpc) is 2.71. The van der Waals surface area contributed by atoms with E-state index in [0.29, 0.717) is 22.7 Å². The molecule has 0 radical (unpaired) electrons. The number of urea groups is 1. The first-order chi connectivity index (χ1) is 13.9. The fraction of sp³-hybridized carbons (Fsp3) is 0.136. The molecule has 0 unspecified atom stereocenters. The maximum Gasteiger partial charge on any atom is 0.335 e. The topological polar surface area (TPSA) is 84.9 Å². The highest BCUT2D eigenvalue weighted by molar-refractivity contribution is 6.39. The van der Waals surface area contributed by atoms with E-state index in [0.717, 1.165) is 10.5 Å². The van der Waals surface area contributed by atoms with Gasteiger partial charge in [-0.1, -0.05) is 23.6 Å². The van der Waals surface area contributed by atoms with Gasteiger partial charge in [-0.3, -0.25) is 14.9 Å². The summed E-state index contributed by atoms with van der Waals surface area (Å²) < 4.78 is 10.7. The quantitative estimate of drug-likeness (QED) is 0.482. The van der Waals surface area contributed by atoms with Gasteiger partial charge in [0.1, 0.15) is 23.7 Å². The summed E-state index contributed by atoms with van der Waals surface area (Å²) in [6.45, 7) is 1.88. The first-order valence-corrected chi connectivity index (χ1v) is 8.67. The van der Waals surface area contributed by atoms with E-state index in [4.69, 9.17) is 15.9 Å².